The van der Waals surface area contributed by atoms with Gasteiger partial charge >= 0.3 is 0 Å². The number of carbonyl (C=O) groups excluding carboxylic acids is 3. The Morgan fingerprint density at radius 2 is 1.20 bits per heavy atom. The molecule has 17 nitrogen and oxygen atoms in total. The number of hydrogen-bond donors (Lipinski definition) is 3. The van der Waals surface area contributed by atoms with Gasteiger partial charge in [0, 0.05) is 57.7 Å². The molecule has 0 bridgehead atoms. The second kappa shape index (κ2) is 24.9. The van der Waals surface area contributed by atoms with Gasteiger partial charge in [0.25, 0.3) is 11.1 Å². The Bertz CT molecular complexity index is 1810. The molecule has 0 aliphatic rings. The maximum absolute atomic E-state index is 12.5. The first-order valence-corrected chi connectivity index (χ1v) is 19.0. The summed E-state index contributed by atoms with van der Waals surface area (Å²) in [6.07, 6.45) is 7.54. The van der Waals surface area contributed by atoms with E-state index in [4.69, 9.17) is 20.6 Å². The number of benzene rings is 1. The van der Waals surface area contributed by atoms with Gasteiger partial charge in [-0.05, 0) is 63.6 Å². The highest BCUT2D eigenvalue weighted by Crippen LogP contribution is 2.15. The van der Waals surface area contributed by atoms with Gasteiger partial charge in [-0.25, -0.2) is 9.36 Å². The monoisotopic (exact) mass is 877 g/mol. The molecule has 0 unspecified atom stereocenters. The van der Waals surface area contributed by atoms with Crippen molar-refractivity contribution < 1.29 is 28.6 Å². The smallest absolute Gasteiger partial charge is 0.281 e. The third kappa shape index (κ3) is 15.9. The summed E-state index contributed by atoms with van der Waals surface area (Å²) in [7, 11) is 0. The van der Waals surface area contributed by atoms with E-state index in [1.54, 1.807) is 6.92 Å². The zero-order chi connectivity index (χ0) is 39.1. The fraction of sp³-hybridized carbons (Fsp3) is 0.514. The second-order valence-corrected chi connectivity index (χ2v) is 13.3. The van der Waals surface area contributed by atoms with Crippen molar-refractivity contribution in [2.75, 3.05) is 52.7 Å². The summed E-state index contributed by atoms with van der Waals surface area (Å²) >= 11 is 6.19. The molecular formula is C35H45Br2N9O8. The van der Waals surface area contributed by atoms with Crippen molar-refractivity contribution in [1.82, 2.24) is 45.7 Å². The Kier molecular flexibility index (Phi) is 20.3. The molecule has 292 valence electrons. The van der Waals surface area contributed by atoms with E-state index < -0.39 is 11.1 Å². The molecule has 54 heavy (non-hydrogen) atoms. The number of hydrogen-bond acceptors (Lipinski definition) is 12. The maximum Gasteiger partial charge on any atom is 0.281 e. The van der Waals surface area contributed by atoms with Crippen molar-refractivity contribution in [1.29, 1.82) is 0 Å². The lowest BCUT2D eigenvalue weighted by Crippen LogP contribution is -2.40. The lowest BCUT2D eigenvalue weighted by Gasteiger charge is -2.15. The van der Waals surface area contributed by atoms with Crippen LogP contribution in [-0.4, -0.2) is 100 Å². The lowest BCUT2D eigenvalue weighted by molar-refractivity contribution is -0.123. The molecule has 1 aromatic carbocycles. The van der Waals surface area contributed by atoms with Gasteiger partial charge in [-0.1, -0.05) is 30.2 Å². The highest BCUT2D eigenvalue weighted by Gasteiger charge is 2.16. The summed E-state index contributed by atoms with van der Waals surface area (Å²) in [5.41, 5.74) is 0.770. The van der Waals surface area contributed by atoms with Crippen LogP contribution in [0.25, 0.3) is 11.4 Å². The molecule has 0 atom stereocenters. The van der Waals surface area contributed by atoms with Crippen molar-refractivity contribution in [3.05, 3.63) is 65.3 Å². The van der Waals surface area contributed by atoms with Crippen molar-refractivity contribution in [2.45, 2.75) is 65.1 Å². The zero-order valence-corrected chi connectivity index (χ0v) is 33.3. The highest BCUT2D eigenvalue weighted by atomic mass is 79.9. The summed E-state index contributed by atoms with van der Waals surface area (Å²) in [6, 6.07) is 7.45. The average molecular weight is 880 g/mol. The maximum atomic E-state index is 12.5. The standard InChI is InChI=1S/C35H45Br2N9O8/c1-3-16-45-34(50)31(36)32(37)35(51)46(45)17-13-30(49)39-15-6-19-53-21-23-54-22-20-52-18-5-14-38-28(47)7-4-8-29(48)40-24-26-9-11-27(12-10-26)33-43-41-25(2)42-44-33/h1,9-12H,4-8,13-24H2,2H3,(H,38,47)(H,39,49)(H,40,48). The van der Waals surface area contributed by atoms with Crippen molar-refractivity contribution in [3.63, 3.8) is 0 Å². The van der Waals surface area contributed by atoms with Gasteiger partial charge in [0.05, 0.1) is 33.0 Å². The van der Waals surface area contributed by atoms with Crippen LogP contribution in [0.3, 0.4) is 0 Å². The van der Waals surface area contributed by atoms with Gasteiger partial charge in [-0.3, -0.25) is 24.0 Å². The van der Waals surface area contributed by atoms with Crippen LogP contribution in [0, 0.1) is 19.3 Å². The molecule has 2 heterocycles. The number of carbonyl (C=O) groups is 3. The Hall–Kier alpha value is -4.35. The summed E-state index contributed by atoms with van der Waals surface area (Å²) in [4.78, 5) is 61.5. The average Bonchev–Trinajstić information content (AvgIpc) is 3.17. The Morgan fingerprint density at radius 1 is 0.704 bits per heavy atom. The first-order valence-electron chi connectivity index (χ1n) is 17.4. The fourth-order valence-corrected chi connectivity index (χ4v) is 5.44. The van der Waals surface area contributed by atoms with E-state index >= 15 is 0 Å². The van der Waals surface area contributed by atoms with Crippen LogP contribution in [0.5, 0.6) is 0 Å². The minimum atomic E-state index is -0.469. The molecule has 3 N–H and O–H groups in total. The Balaban J connectivity index is 1.09. The number of terminal acetylenes is 1. The predicted octanol–water partition coefficient (Wildman–Crippen LogP) is 1.66. The van der Waals surface area contributed by atoms with E-state index in [2.05, 4.69) is 74.1 Å². The Labute approximate surface area is 329 Å². The fourth-order valence-electron chi connectivity index (χ4n) is 4.69. The van der Waals surface area contributed by atoms with E-state index in [-0.39, 0.29) is 59.0 Å². The van der Waals surface area contributed by atoms with Crippen LogP contribution < -0.4 is 27.1 Å². The molecule has 3 rings (SSSR count). The first kappa shape index (κ1) is 44.0. The third-order valence-electron chi connectivity index (χ3n) is 7.53. The molecule has 0 saturated heterocycles. The van der Waals surface area contributed by atoms with Crippen molar-refractivity contribution >= 4 is 49.6 Å². The molecule has 0 saturated carbocycles. The molecule has 0 aliphatic heterocycles. The van der Waals surface area contributed by atoms with Crippen LogP contribution >= 0.6 is 31.9 Å². The number of ether oxygens (including phenoxy) is 3. The summed E-state index contributed by atoms with van der Waals surface area (Å²) in [5, 5.41) is 24.3. The summed E-state index contributed by atoms with van der Waals surface area (Å²) in [6.45, 7) is 5.37. The molecule has 19 heteroatoms. The van der Waals surface area contributed by atoms with Gasteiger partial charge < -0.3 is 30.2 Å². The Morgan fingerprint density at radius 3 is 1.76 bits per heavy atom. The molecule has 0 spiro atoms. The van der Waals surface area contributed by atoms with Gasteiger partial charge in [0.15, 0.2) is 5.82 Å². The SMILES string of the molecule is C#CCn1c(=O)c(Br)c(Br)c(=O)n1CCC(=O)NCCCOCCOCCOCCCNC(=O)CCCC(=O)NCc1ccc(-c2nnc(C)nn2)cc1. The van der Waals surface area contributed by atoms with E-state index in [0.717, 1.165) is 20.5 Å². The summed E-state index contributed by atoms with van der Waals surface area (Å²) < 4.78 is 19.0. The molecule has 3 aromatic rings. The van der Waals surface area contributed by atoms with Crippen LogP contribution in [-0.2, 0) is 48.2 Å². The number of rotatable bonds is 25. The molecule has 0 radical (unpaired) electrons. The second-order valence-electron chi connectivity index (χ2n) is 11.7. The number of nitrogens with zero attached hydrogens (tertiary/aromatic N) is 6. The topological polar surface area (TPSA) is 211 Å². The van der Waals surface area contributed by atoms with E-state index in [9.17, 15) is 24.0 Å². The predicted molar refractivity (Wildman–Crippen MR) is 205 cm³/mol. The minimum absolute atomic E-state index is 0.00598. The first-order chi connectivity index (χ1) is 26.1. The van der Waals surface area contributed by atoms with E-state index in [0.29, 0.717) is 90.2 Å². The van der Waals surface area contributed by atoms with Crippen LogP contribution in [0.15, 0.2) is 42.8 Å². The molecule has 2 aromatic heterocycles. The number of halogens is 2. The quantitative estimate of drug-likeness (QED) is 0.0820. The molecule has 0 fully saturated rings. The van der Waals surface area contributed by atoms with Crippen molar-refractivity contribution in [2.24, 2.45) is 0 Å². The van der Waals surface area contributed by atoms with Crippen molar-refractivity contribution in [3.8, 4) is 23.7 Å². The molecular weight excluding hydrogens is 834 g/mol. The lowest BCUT2D eigenvalue weighted by atomic mass is 10.1. The van der Waals surface area contributed by atoms with E-state index in [1.807, 2.05) is 24.3 Å². The normalized spacial score (nSPS) is 10.9. The number of aromatic nitrogens is 6. The number of nitrogens with one attached hydrogen (secondary N) is 3. The third-order valence-corrected chi connectivity index (χ3v) is 9.53. The largest absolute Gasteiger partial charge is 0.379 e. The van der Waals surface area contributed by atoms with Gasteiger partial charge in [-0.15, -0.1) is 26.8 Å². The van der Waals surface area contributed by atoms with Crippen LogP contribution in [0.1, 0.15) is 49.9 Å². The van der Waals surface area contributed by atoms with Crippen LogP contribution in [0.4, 0.5) is 0 Å². The van der Waals surface area contributed by atoms with Gasteiger partial charge in [-0.2, -0.15) is 0 Å². The minimum Gasteiger partial charge on any atom is -0.379 e. The highest BCUT2D eigenvalue weighted by molar-refractivity contribution is 9.13. The zero-order valence-electron chi connectivity index (χ0n) is 30.1. The number of aryl methyl sites for hydroxylation is 1. The van der Waals surface area contributed by atoms with Gasteiger partial charge in [0.2, 0.25) is 23.5 Å². The van der Waals surface area contributed by atoms with Crippen LogP contribution in [0.2, 0.25) is 0 Å². The van der Waals surface area contributed by atoms with E-state index in [1.165, 1.54) is 0 Å². The molecule has 3 amide bonds. The molecule has 0 aliphatic carbocycles. The van der Waals surface area contributed by atoms with Gasteiger partial charge in [0.1, 0.15) is 15.5 Å². The summed E-state index contributed by atoms with van der Waals surface area (Å²) in [5.74, 6) is 2.77. The number of amides is 3.